The molecule has 1 nitrogen and oxygen atoms in total. The number of aryl methyl sites for hydroxylation is 1. The average molecular weight is 276 g/mol. The zero-order valence-electron chi connectivity index (χ0n) is 13.8. The van der Waals surface area contributed by atoms with Crippen molar-refractivity contribution in [2.75, 3.05) is 0 Å². The van der Waals surface area contributed by atoms with E-state index in [4.69, 9.17) is 0 Å². The van der Waals surface area contributed by atoms with Crippen LogP contribution < -0.4 is 0 Å². The van der Waals surface area contributed by atoms with E-state index < -0.39 is 5.60 Å². The van der Waals surface area contributed by atoms with Gasteiger partial charge in [-0.15, -0.1) is 0 Å². The molecule has 1 N–H and O–H groups in total. The first-order chi connectivity index (χ1) is 9.54. The van der Waals surface area contributed by atoms with E-state index in [-0.39, 0.29) is 0 Å². The first-order valence-electron chi connectivity index (χ1n) is 8.35. The van der Waals surface area contributed by atoms with Gasteiger partial charge in [-0.1, -0.05) is 64.8 Å². The summed E-state index contributed by atoms with van der Waals surface area (Å²) >= 11 is 0. The molecule has 1 aromatic carbocycles. The summed E-state index contributed by atoms with van der Waals surface area (Å²) in [5, 5.41) is 10.7. The first-order valence-corrected chi connectivity index (χ1v) is 8.35. The lowest BCUT2D eigenvalue weighted by atomic mass is 9.86. The minimum atomic E-state index is -0.462. The highest BCUT2D eigenvalue weighted by Crippen LogP contribution is 2.26. The summed E-state index contributed by atoms with van der Waals surface area (Å²) < 4.78 is 0. The summed E-state index contributed by atoms with van der Waals surface area (Å²) in [6.45, 7) is 8.83. The number of aliphatic hydroxyl groups is 1. The predicted molar refractivity (Wildman–Crippen MR) is 88.2 cm³/mol. The molecule has 0 spiro atoms. The van der Waals surface area contributed by atoms with E-state index in [2.05, 4.69) is 52.0 Å². The van der Waals surface area contributed by atoms with Gasteiger partial charge in [0.1, 0.15) is 0 Å². The number of benzene rings is 1. The molecule has 0 saturated carbocycles. The average Bonchev–Trinajstić information content (AvgIpc) is 2.45. The molecule has 1 rings (SSSR count). The minimum absolute atomic E-state index is 0.462. The fourth-order valence-electron chi connectivity index (χ4n) is 2.97. The zero-order valence-corrected chi connectivity index (χ0v) is 13.8. The van der Waals surface area contributed by atoms with Crippen molar-refractivity contribution in [3.05, 3.63) is 35.4 Å². The van der Waals surface area contributed by atoms with Gasteiger partial charge < -0.3 is 5.11 Å². The SMILES string of the molecule is CCCC(O)(CCC)CCc1cccc([C@H](C)CC)c1. The molecule has 0 saturated heterocycles. The zero-order chi connectivity index (χ0) is 15.0. The Morgan fingerprint density at radius 2 is 1.70 bits per heavy atom. The van der Waals surface area contributed by atoms with Crippen LogP contribution in [0.25, 0.3) is 0 Å². The summed E-state index contributed by atoms with van der Waals surface area (Å²) in [6, 6.07) is 8.91. The molecule has 0 heterocycles. The second-order valence-electron chi connectivity index (χ2n) is 6.28. The van der Waals surface area contributed by atoms with Crippen LogP contribution >= 0.6 is 0 Å². The molecule has 114 valence electrons. The van der Waals surface area contributed by atoms with Gasteiger partial charge in [0.05, 0.1) is 5.60 Å². The van der Waals surface area contributed by atoms with Gasteiger partial charge >= 0.3 is 0 Å². The molecule has 0 aromatic heterocycles. The lowest BCUT2D eigenvalue weighted by molar-refractivity contribution is 0.0132. The van der Waals surface area contributed by atoms with E-state index in [0.717, 1.165) is 38.5 Å². The van der Waals surface area contributed by atoms with E-state index in [1.807, 2.05) is 0 Å². The van der Waals surface area contributed by atoms with Crippen LogP contribution in [0, 0.1) is 0 Å². The highest BCUT2D eigenvalue weighted by Gasteiger charge is 2.24. The summed E-state index contributed by atoms with van der Waals surface area (Å²) in [5.41, 5.74) is 2.34. The molecule has 0 aliphatic rings. The molecule has 0 aliphatic carbocycles. The molecule has 0 radical (unpaired) electrons. The van der Waals surface area contributed by atoms with Crippen LogP contribution in [0.4, 0.5) is 0 Å². The Morgan fingerprint density at radius 3 is 2.25 bits per heavy atom. The van der Waals surface area contributed by atoms with Gasteiger partial charge in [-0.2, -0.15) is 0 Å². The first kappa shape index (κ1) is 17.2. The fourth-order valence-corrected chi connectivity index (χ4v) is 2.97. The quantitative estimate of drug-likeness (QED) is 0.634. The maximum atomic E-state index is 10.7. The van der Waals surface area contributed by atoms with Gasteiger partial charge in [-0.3, -0.25) is 0 Å². The molecule has 1 aromatic rings. The smallest absolute Gasteiger partial charge is 0.0650 e. The van der Waals surface area contributed by atoms with E-state index >= 15 is 0 Å². The highest BCUT2D eigenvalue weighted by atomic mass is 16.3. The molecule has 0 unspecified atom stereocenters. The number of hydrogen-bond donors (Lipinski definition) is 1. The lowest BCUT2D eigenvalue weighted by Gasteiger charge is -2.27. The molecule has 0 aliphatic heterocycles. The Bertz CT molecular complexity index is 377. The molecule has 1 heteroatoms. The van der Waals surface area contributed by atoms with Crippen LogP contribution in [-0.4, -0.2) is 10.7 Å². The monoisotopic (exact) mass is 276 g/mol. The Hall–Kier alpha value is -0.820. The second kappa shape index (κ2) is 8.46. The second-order valence-corrected chi connectivity index (χ2v) is 6.28. The van der Waals surface area contributed by atoms with Crippen LogP contribution in [0.5, 0.6) is 0 Å². The lowest BCUT2D eigenvalue weighted by Crippen LogP contribution is -2.28. The number of rotatable bonds is 9. The van der Waals surface area contributed by atoms with Gasteiger partial charge in [0, 0.05) is 0 Å². The number of hydrogen-bond acceptors (Lipinski definition) is 1. The van der Waals surface area contributed by atoms with Crippen LogP contribution in [0.1, 0.15) is 83.3 Å². The Kier molecular flexibility index (Phi) is 7.29. The van der Waals surface area contributed by atoms with Crippen molar-refractivity contribution < 1.29 is 5.11 Å². The maximum Gasteiger partial charge on any atom is 0.0650 e. The standard InChI is InChI=1S/C19H32O/c1-5-12-19(20,13-6-2)14-11-17-9-8-10-18(15-17)16(4)7-3/h8-10,15-16,20H,5-7,11-14H2,1-4H3/t16-/m1/s1. The summed E-state index contributed by atoms with van der Waals surface area (Å²) in [7, 11) is 0. The summed E-state index contributed by atoms with van der Waals surface area (Å²) in [4.78, 5) is 0. The van der Waals surface area contributed by atoms with E-state index in [1.54, 1.807) is 0 Å². The molecule has 0 fully saturated rings. The van der Waals surface area contributed by atoms with Crippen molar-refractivity contribution in [1.29, 1.82) is 0 Å². The van der Waals surface area contributed by atoms with E-state index in [1.165, 1.54) is 17.5 Å². The third-order valence-electron chi connectivity index (χ3n) is 4.44. The van der Waals surface area contributed by atoms with Crippen molar-refractivity contribution in [2.24, 2.45) is 0 Å². The molecule has 20 heavy (non-hydrogen) atoms. The van der Waals surface area contributed by atoms with Crippen LogP contribution in [0.15, 0.2) is 24.3 Å². The van der Waals surface area contributed by atoms with Gasteiger partial charge in [0.2, 0.25) is 0 Å². The van der Waals surface area contributed by atoms with Crippen molar-refractivity contribution in [1.82, 2.24) is 0 Å². The third kappa shape index (κ3) is 5.28. The highest BCUT2D eigenvalue weighted by molar-refractivity contribution is 5.26. The Morgan fingerprint density at radius 1 is 1.05 bits per heavy atom. The third-order valence-corrected chi connectivity index (χ3v) is 4.44. The molecular weight excluding hydrogens is 244 g/mol. The summed E-state index contributed by atoms with van der Waals surface area (Å²) in [5.74, 6) is 0.625. The summed E-state index contributed by atoms with van der Waals surface area (Å²) in [6.07, 6.45) is 7.02. The normalized spacial score (nSPS) is 13.4. The Labute approximate surface area is 125 Å². The molecule has 0 amide bonds. The van der Waals surface area contributed by atoms with Crippen LogP contribution in [-0.2, 0) is 6.42 Å². The van der Waals surface area contributed by atoms with E-state index in [9.17, 15) is 5.11 Å². The fraction of sp³-hybridized carbons (Fsp3) is 0.684. The topological polar surface area (TPSA) is 20.2 Å². The van der Waals surface area contributed by atoms with Crippen molar-refractivity contribution in [2.45, 2.75) is 84.2 Å². The van der Waals surface area contributed by atoms with Gasteiger partial charge in [0.15, 0.2) is 0 Å². The van der Waals surface area contributed by atoms with Crippen LogP contribution in [0.2, 0.25) is 0 Å². The van der Waals surface area contributed by atoms with Crippen molar-refractivity contribution >= 4 is 0 Å². The molecule has 1 atom stereocenters. The van der Waals surface area contributed by atoms with Gasteiger partial charge in [-0.25, -0.2) is 0 Å². The largest absolute Gasteiger partial charge is 0.390 e. The predicted octanol–water partition coefficient (Wildman–Crippen LogP) is 5.46. The van der Waals surface area contributed by atoms with Gasteiger partial charge in [0.25, 0.3) is 0 Å². The minimum Gasteiger partial charge on any atom is -0.390 e. The van der Waals surface area contributed by atoms with Crippen molar-refractivity contribution in [3.8, 4) is 0 Å². The maximum absolute atomic E-state index is 10.7. The van der Waals surface area contributed by atoms with Gasteiger partial charge in [-0.05, 0) is 49.1 Å². The van der Waals surface area contributed by atoms with E-state index in [0.29, 0.717) is 5.92 Å². The molecule has 0 bridgehead atoms. The Balaban J connectivity index is 2.68. The van der Waals surface area contributed by atoms with Crippen molar-refractivity contribution in [3.63, 3.8) is 0 Å². The van der Waals surface area contributed by atoms with Crippen LogP contribution in [0.3, 0.4) is 0 Å². The molecular formula is C19H32O.